The van der Waals surface area contributed by atoms with Gasteiger partial charge in [-0.05, 0) is 36.8 Å². The van der Waals surface area contributed by atoms with Gasteiger partial charge in [-0.15, -0.1) is 0 Å². The van der Waals surface area contributed by atoms with Crippen molar-refractivity contribution < 1.29 is 9.59 Å². The zero-order valence-corrected chi connectivity index (χ0v) is 19.6. The second kappa shape index (κ2) is 10.7. The van der Waals surface area contributed by atoms with Crippen molar-refractivity contribution in [1.29, 1.82) is 0 Å². The molecule has 0 aliphatic carbocycles. The number of carbonyl (C=O) groups is 2. The molecule has 6 nitrogen and oxygen atoms in total. The highest BCUT2D eigenvalue weighted by Gasteiger charge is 2.19. The van der Waals surface area contributed by atoms with Crippen LogP contribution < -0.4 is 10.2 Å². The fraction of sp³-hybridized carbons (Fsp3) is 0.308. The van der Waals surface area contributed by atoms with Gasteiger partial charge in [-0.25, -0.2) is 0 Å². The number of hydrogen-bond acceptors (Lipinski definition) is 4. The molecule has 0 saturated carbocycles. The maximum atomic E-state index is 12.7. The molecule has 33 heavy (non-hydrogen) atoms. The molecule has 0 spiro atoms. The van der Waals surface area contributed by atoms with E-state index in [0.29, 0.717) is 17.8 Å². The van der Waals surface area contributed by atoms with E-state index in [1.165, 1.54) is 11.3 Å². The summed E-state index contributed by atoms with van der Waals surface area (Å²) in [7, 11) is 0. The lowest BCUT2D eigenvalue weighted by molar-refractivity contribution is -0.121. The van der Waals surface area contributed by atoms with Gasteiger partial charge in [0.2, 0.25) is 11.7 Å². The van der Waals surface area contributed by atoms with Gasteiger partial charge in [0.05, 0.1) is 5.69 Å². The Bertz CT molecular complexity index is 1100. The van der Waals surface area contributed by atoms with E-state index < -0.39 is 0 Å². The number of amides is 1. The van der Waals surface area contributed by atoms with E-state index >= 15 is 0 Å². The van der Waals surface area contributed by atoms with E-state index in [1.807, 2.05) is 30.3 Å². The topological polar surface area (TPSA) is 57.6 Å². The van der Waals surface area contributed by atoms with Gasteiger partial charge in [0.15, 0.2) is 0 Å². The maximum absolute atomic E-state index is 12.7. The van der Waals surface area contributed by atoms with Crippen LogP contribution in [0.1, 0.15) is 21.6 Å². The molecule has 172 valence electrons. The van der Waals surface area contributed by atoms with Crippen LogP contribution in [0.2, 0.25) is 5.02 Å². The second-order valence-electron chi connectivity index (χ2n) is 8.33. The summed E-state index contributed by atoms with van der Waals surface area (Å²) >= 11 is 6.17. The Hall–Kier alpha value is -3.09. The van der Waals surface area contributed by atoms with Crippen molar-refractivity contribution in [2.24, 2.45) is 0 Å². The van der Waals surface area contributed by atoms with E-state index in [9.17, 15) is 9.59 Å². The van der Waals surface area contributed by atoms with Gasteiger partial charge in [0.25, 0.3) is 0 Å². The van der Waals surface area contributed by atoms with Crippen LogP contribution in [-0.2, 0) is 11.3 Å². The number of nitrogens with one attached hydrogen (secondary N) is 1. The fourth-order valence-corrected chi connectivity index (χ4v) is 4.36. The number of halogens is 1. The number of rotatable bonds is 8. The maximum Gasteiger partial charge on any atom is 0.239 e. The number of aryl methyl sites for hydroxylation is 1. The quantitative estimate of drug-likeness (QED) is 0.517. The Labute approximate surface area is 199 Å². The molecule has 4 rings (SSSR count). The smallest absolute Gasteiger partial charge is 0.239 e. The van der Waals surface area contributed by atoms with Crippen molar-refractivity contribution in [2.45, 2.75) is 13.5 Å². The minimum atomic E-state index is -0.0958. The summed E-state index contributed by atoms with van der Waals surface area (Å²) in [6, 6.07) is 18.7. The van der Waals surface area contributed by atoms with Crippen molar-refractivity contribution >= 4 is 29.0 Å². The average molecular weight is 465 g/mol. The summed E-state index contributed by atoms with van der Waals surface area (Å²) in [6.45, 7) is 7.37. The lowest BCUT2D eigenvalue weighted by Gasteiger charge is -2.36. The monoisotopic (exact) mass is 464 g/mol. The molecule has 0 bridgehead atoms. The molecular weight excluding hydrogens is 436 g/mol. The number of carbonyl (C=O) groups excluding carboxylic acids is 2. The molecule has 1 N–H and O–H groups in total. The van der Waals surface area contributed by atoms with Crippen LogP contribution >= 0.6 is 11.6 Å². The fourth-order valence-electron chi connectivity index (χ4n) is 4.20. The highest BCUT2D eigenvalue weighted by atomic mass is 35.5. The predicted molar refractivity (Wildman–Crippen MR) is 132 cm³/mol. The Morgan fingerprint density at radius 3 is 2.48 bits per heavy atom. The lowest BCUT2D eigenvalue weighted by Crippen LogP contribution is -2.48. The van der Waals surface area contributed by atoms with Crippen molar-refractivity contribution in [3.8, 4) is 0 Å². The third-order valence-electron chi connectivity index (χ3n) is 6.05. The van der Waals surface area contributed by atoms with Crippen molar-refractivity contribution in [3.63, 3.8) is 0 Å². The van der Waals surface area contributed by atoms with Gasteiger partial charge in [-0.1, -0.05) is 48.0 Å². The molecule has 1 saturated heterocycles. The predicted octanol–water partition coefficient (Wildman–Crippen LogP) is 3.62. The molecule has 1 aliphatic rings. The molecule has 7 heteroatoms. The molecule has 2 heterocycles. The molecule has 1 fully saturated rings. The Kier molecular flexibility index (Phi) is 7.47. The third-order valence-corrected chi connectivity index (χ3v) is 6.28. The van der Waals surface area contributed by atoms with E-state index in [0.717, 1.165) is 37.7 Å². The Balaban J connectivity index is 1.22. The normalized spacial score (nSPS) is 14.3. The molecule has 0 atom stereocenters. The SMILES string of the molecule is Cc1ccc(Cl)cc1N1CCN(CCNC(=O)Cn2cccc2C(=O)c2ccccc2)CC1. The molecule has 1 aliphatic heterocycles. The van der Waals surface area contributed by atoms with Crippen molar-refractivity contribution in [3.05, 3.63) is 88.7 Å². The second-order valence-corrected chi connectivity index (χ2v) is 8.76. The van der Waals surface area contributed by atoms with Crippen LogP contribution in [0.15, 0.2) is 66.9 Å². The minimum Gasteiger partial charge on any atom is -0.369 e. The number of nitrogens with zero attached hydrogens (tertiary/aromatic N) is 3. The van der Waals surface area contributed by atoms with Crippen LogP contribution in [0.3, 0.4) is 0 Å². The number of hydrogen-bond donors (Lipinski definition) is 1. The summed E-state index contributed by atoms with van der Waals surface area (Å²) in [5.41, 5.74) is 3.56. The zero-order valence-electron chi connectivity index (χ0n) is 18.8. The van der Waals surface area contributed by atoms with Gasteiger partial charge in [0.1, 0.15) is 6.54 Å². The van der Waals surface area contributed by atoms with E-state index in [4.69, 9.17) is 11.6 Å². The number of benzene rings is 2. The standard InChI is InChI=1S/C26H29ClN4O2/c1-20-9-10-22(27)18-24(20)30-16-14-29(15-17-30)13-11-28-25(32)19-31-12-5-8-23(31)26(33)21-6-3-2-4-7-21/h2-10,12,18H,11,13-17,19H2,1H3,(H,28,32). The van der Waals surface area contributed by atoms with E-state index in [-0.39, 0.29) is 18.2 Å². The average Bonchev–Trinajstić information content (AvgIpc) is 3.29. The van der Waals surface area contributed by atoms with Gasteiger partial charge in [-0.3, -0.25) is 14.5 Å². The summed E-state index contributed by atoms with van der Waals surface area (Å²) in [5, 5.41) is 3.75. The van der Waals surface area contributed by atoms with Gasteiger partial charge < -0.3 is 14.8 Å². The highest BCUT2D eigenvalue weighted by molar-refractivity contribution is 6.30. The first-order valence-electron chi connectivity index (χ1n) is 11.3. The number of aromatic nitrogens is 1. The zero-order chi connectivity index (χ0) is 23.2. The highest BCUT2D eigenvalue weighted by Crippen LogP contribution is 2.25. The Morgan fingerprint density at radius 2 is 1.73 bits per heavy atom. The molecule has 1 aromatic heterocycles. The van der Waals surface area contributed by atoms with Crippen LogP contribution in [0.25, 0.3) is 0 Å². The number of ketones is 1. The lowest BCUT2D eigenvalue weighted by atomic mass is 10.1. The third kappa shape index (κ3) is 5.83. The van der Waals surface area contributed by atoms with Crippen LogP contribution in [0.5, 0.6) is 0 Å². The van der Waals surface area contributed by atoms with E-state index in [2.05, 4.69) is 28.1 Å². The van der Waals surface area contributed by atoms with Gasteiger partial charge in [-0.2, -0.15) is 0 Å². The van der Waals surface area contributed by atoms with E-state index in [1.54, 1.807) is 35.0 Å². The first-order chi connectivity index (χ1) is 16.0. The summed E-state index contributed by atoms with van der Waals surface area (Å²) in [5.74, 6) is -0.178. The van der Waals surface area contributed by atoms with Crippen LogP contribution in [0, 0.1) is 6.92 Å². The summed E-state index contributed by atoms with van der Waals surface area (Å²) in [4.78, 5) is 29.9. The molecule has 0 unspecified atom stereocenters. The summed E-state index contributed by atoms with van der Waals surface area (Å²) in [6.07, 6.45) is 1.77. The molecule has 2 aromatic carbocycles. The minimum absolute atomic E-state index is 0.0822. The van der Waals surface area contributed by atoms with Crippen molar-refractivity contribution in [2.75, 3.05) is 44.2 Å². The molecule has 3 aromatic rings. The summed E-state index contributed by atoms with van der Waals surface area (Å²) < 4.78 is 1.71. The van der Waals surface area contributed by atoms with Crippen molar-refractivity contribution in [1.82, 2.24) is 14.8 Å². The Morgan fingerprint density at radius 1 is 0.970 bits per heavy atom. The molecule has 1 amide bonds. The largest absolute Gasteiger partial charge is 0.369 e. The van der Waals surface area contributed by atoms with Crippen LogP contribution in [0.4, 0.5) is 5.69 Å². The number of piperazine rings is 1. The van der Waals surface area contributed by atoms with Crippen LogP contribution in [-0.4, -0.2) is 60.4 Å². The first-order valence-corrected chi connectivity index (χ1v) is 11.6. The van der Waals surface area contributed by atoms with Gasteiger partial charge >= 0.3 is 0 Å². The first kappa shape index (κ1) is 23.1. The van der Waals surface area contributed by atoms with Gasteiger partial charge in [0, 0.05) is 61.7 Å². The number of anilines is 1. The molecule has 0 radical (unpaired) electrons. The molecular formula is C26H29ClN4O2.